The number of piperidine rings is 1. The Balaban J connectivity index is 1.33. The van der Waals surface area contributed by atoms with Crippen LogP contribution in [0.3, 0.4) is 0 Å². The van der Waals surface area contributed by atoms with E-state index in [1.165, 1.54) is 19.3 Å². The second-order valence-electron chi connectivity index (χ2n) is 9.86. The lowest BCUT2D eigenvalue weighted by Gasteiger charge is -2.32. The van der Waals surface area contributed by atoms with Gasteiger partial charge in [0.05, 0.1) is 6.04 Å². The molecule has 1 aromatic carbocycles. The molecular weight excluding hydrogens is 416 g/mol. The first kappa shape index (κ1) is 22.1. The van der Waals surface area contributed by atoms with E-state index in [-0.39, 0.29) is 23.9 Å². The van der Waals surface area contributed by atoms with E-state index in [1.807, 2.05) is 24.3 Å². The van der Waals surface area contributed by atoms with Crippen molar-refractivity contribution in [2.24, 2.45) is 5.92 Å². The van der Waals surface area contributed by atoms with Gasteiger partial charge in [-0.3, -0.25) is 9.59 Å². The molecule has 33 heavy (non-hydrogen) atoms. The topological polar surface area (TPSA) is 96.3 Å². The molecule has 3 aliphatic rings. The van der Waals surface area contributed by atoms with E-state index >= 15 is 0 Å². The lowest BCUT2D eigenvalue weighted by Crippen LogP contribution is -2.39. The minimum atomic E-state index is -0.216. The molecule has 0 bridgehead atoms. The number of benzene rings is 1. The van der Waals surface area contributed by atoms with Crippen LogP contribution >= 0.6 is 0 Å². The maximum Gasteiger partial charge on any atom is 0.273 e. The average Bonchev–Trinajstić information content (AvgIpc) is 3.59. The number of aromatic nitrogens is 1. The molecule has 2 amide bonds. The quantitative estimate of drug-likeness (QED) is 0.591. The van der Waals surface area contributed by atoms with Crippen molar-refractivity contribution in [3.8, 4) is 0 Å². The van der Waals surface area contributed by atoms with Crippen molar-refractivity contribution >= 4 is 11.8 Å². The zero-order valence-corrected chi connectivity index (χ0v) is 19.1. The van der Waals surface area contributed by atoms with E-state index in [1.54, 1.807) is 6.07 Å². The van der Waals surface area contributed by atoms with E-state index < -0.39 is 0 Å². The third-order valence-electron chi connectivity index (χ3n) is 7.33. The molecule has 7 nitrogen and oxygen atoms in total. The number of nitrogens with zero attached hydrogens (tertiary/aromatic N) is 1. The summed E-state index contributed by atoms with van der Waals surface area (Å²) in [4.78, 5) is 26.0. The van der Waals surface area contributed by atoms with Crippen molar-refractivity contribution < 1.29 is 14.1 Å². The van der Waals surface area contributed by atoms with Crippen LogP contribution in [0.25, 0.3) is 0 Å². The molecule has 5 rings (SSSR count). The van der Waals surface area contributed by atoms with Crippen LogP contribution in [0.5, 0.6) is 0 Å². The Kier molecular flexibility index (Phi) is 6.76. The molecule has 7 heteroatoms. The van der Waals surface area contributed by atoms with E-state index in [0.29, 0.717) is 23.1 Å². The van der Waals surface area contributed by atoms with Crippen molar-refractivity contribution in [2.45, 2.75) is 75.8 Å². The Morgan fingerprint density at radius 3 is 2.52 bits per heavy atom. The summed E-state index contributed by atoms with van der Waals surface area (Å²) in [5.74, 6) is 1.27. The summed E-state index contributed by atoms with van der Waals surface area (Å²) in [5.41, 5.74) is 1.96. The minimum absolute atomic E-state index is 0.0234. The molecular formula is C26H34N4O3. The molecule has 0 radical (unpaired) electrons. The van der Waals surface area contributed by atoms with E-state index in [2.05, 4.69) is 21.1 Å². The number of rotatable bonds is 7. The average molecular weight is 451 g/mol. The molecule has 1 atom stereocenters. The third-order valence-corrected chi connectivity index (χ3v) is 7.33. The number of amides is 2. The minimum Gasteiger partial charge on any atom is -0.360 e. The van der Waals surface area contributed by atoms with Crippen LogP contribution in [0.15, 0.2) is 34.9 Å². The van der Waals surface area contributed by atoms with Crippen molar-refractivity contribution in [3.05, 3.63) is 52.9 Å². The molecule has 3 fully saturated rings. The Labute approximate surface area is 195 Å². The molecule has 1 aliphatic heterocycles. The fraction of sp³-hybridized carbons (Fsp3) is 0.577. The monoisotopic (exact) mass is 450 g/mol. The molecule has 176 valence electrons. The van der Waals surface area contributed by atoms with Gasteiger partial charge in [-0.2, -0.15) is 0 Å². The Morgan fingerprint density at radius 1 is 0.970 bits per heavy atom. The molecule has 2 aliphatic carbocycles. The second kappa shape index (κ2) is 10.1. The molecule has 2 saturated carbocycles. The highest BCUT2D eigenvalue weighted by molar-refractivity contribution is 5.95. The predicted molar refractivity (Wildman–Crippen MR) is 125 cm³/mol. The molecule has 2 aromatic rings. The first-order valence-electron chi connectivity index (χ1n) is 12.6. The Morgan fingerprint density at radius 2 is 1.76 bits per heavy atom. The number of hydrogen-bond acceptors (Lipinski definition) is 5. The first-order valence-corrected chi connectivity index (χ1v) is 12.6. The van der Waals surface area contributed by atoms with Crippen molar-refractivity contribution in [1.82, 2.24) is 21.1 Å². The zero-order chi connectivity index (χ0) is 22.6. The van der Waals surface area contributed by atoms with Crippen molar-refractivity contribution in [2.75, 3.05) is 13.1 Å². The lowest BCUT2D eigenvalue weighted by atomic mass is 9.85. The summed E-state index contributed by atoms with van der Waals surface area (Å²) in [6.45, 7) is 1.85. The summed E-state index contributed by atoms with van der Waals surface area (Å²) in [6.07, 6.45) is 9.86. The zero-order valence-electron chi connectivity index (χ0n) is 19.1. The normalized spacial score (nSPS) is 20.8. The van der Waals surface area contributed by atoms with Gasteiger partial charge < -0.3 is 20.5 Å². The van der Waals surface area contributed by atoms with Crippen LogP contribution < -0.4 is 16.0 Å². The predicted octanol–water partition coefficient (Wildman–Crippen LogP) is 4.09. The van der Waals surface area contributed by atoms with Crippen LogP contribution in [0.2, 0.25) is 0 Å². The van der Waals surface area contributed by atoms with E-state index in [9.17, 15) is 9.59 Å². The molecule has 0 spiro atoms. The van der Waals surface area contributed by atoms with Crippen LogP contribution in [0.4, 0.5) is 0 Å². The fourth-order valence-electron chi connectivity index (χ4n) is 5.21. The van der Waals surface area contributed by atoms with Gasteiger partial charge in [0.1, 0.15) is 5.76 Å². The number of carbonyl (C=O) groups is 2. The Bertz CT molecular complexity index is 971. The van der Waals surface area contributed by atoms with Gasteiger partial charge in [-0.05, 0) is 75.2 Å². The van der Waals surface area contributed by atoms with E-state index in [0.717, 1.165) is 62.9 Å². The van der Waals surface area contributed by atoms with E-state index in [4.69, 9.17) is 4.52 Å². The van der Waals surface area contributed by atoms with Crippen LogP contribution in [-0.4, -0.2) is 36.1 Å². The van der Waals surface area contributed by atoms with Crippen LogP contribution in [-0.2, 0) is 0 Å². The summed E-state index contributed by atoms with van der Waals surface area (Å²) in [6, 6.07) is 9.62. The highest BCUT2D eigenvalue weighted by Crippen LogP contribution is 2.40. The summed E-state index contributed by atoms with van der Waals surface area (Å²) in [5, 5.41) is 13.8. The first-order chi connectivity index (χ1) is 16.2. The largest absolute Gasteiger partial charge is 0.360 e. The molecule has 1 unspecified atom stereocenters. The molecule has 1 aromatic heterocycles. The van der Waals surface area contributed by atoms with Gasteiger partial charge >= 0.3 is 0 Å². The maximum atomic E-state index is 13.1. The van der Waals surface area contributed by atoms with Gasteiger partial charge in [0.15, 0.2) is 5.69 Å². The summed E-state index contributed by atoms with van der Waals surface area (Å²) < 4.78 is 5.39. The van der Waals surface area contributed by atoms with Gasteiger partial charge in [-0.25, -0.2) is 0 Å². The van der Waals surface area contributed by atoms with Crippen molar-refractivity contribution in [3.63, 3.8) is 0 Å². The van der Waals surface area contributed by atoms with Gasteiger partial charge in [-0.1, -0.05) is 36.6 Å². The summed E-state index contributed by atoms with van der Waals surface area (Å²) >= 11 is 0. The number of carbonyl (C=O) groups excluding carboxylic acids is 2. The maximum absolute atomic E-state index is 13.1. The van der Waals surface area contributed by atoms with Crippen LogP contribution in [0.1, 0.15) is 102 Å². The standard InChI is InChI=1S/C26H34N4O3/c31-25(28-21-7-2-1-3-8-21)20-6-4-5-19(15-20)24(18-11-13-27-14-12-18)29-26(32)22-16-23(33-30-22)17-9-10-17/h4-6,15-18,21,24,27H,1-3,7-14H2,(H,28,31)(H,29,32). The Hall–Kier alpha value is -2.67. The van der Waals surface area contributed by atoms with Gasteiger partial charge in [0.25, 0.3) is 11.8 Å². The van der Waals surface area contributed by atoms with Crippen LogP contribution in [0, 0.1) is 5.92 Å². The third kappa shape index (κ3) is 5.46. The molecule has 2 heterocycles. The smallest absolute Gasteiger partial charge is 0.273 e. The number of hydrogen-bond donors (Lipinski definition) is 3. The second-order valence-corrected chi connectivity index (χ2v) is 9.86. The SMILES string of the molecule is O=C(NC1CCCCC1)c1cccc(C(NC(=O)c2cc(C3CC3)on2)C2CCNCC2)c1. The van der Waals surface area contributed by atoms with Gasteiger partial charge in [0, 0.05) is 23.6 Å². The molecule has 1 saturated heterocycles. The lowest BCUT2D eigenvalue weighted by molar-refractivity contribution is 0.0904. The molecule has 3 N–H and O–H groups in total. The highest BCUT2D eigenvalue weighted by atomic mass is 16.5. The summed E-state index contributed by atoms with van der Waals surface area (Å²) in [7, 11) is 0. The fourth-order valence-corrected chi connectivity index (χ4v) is 5.21. The number of nitrogens with one attached hydrogen (secondary N) is 3. The van der Waals surface area contributed by atoms with Crippen molar-refractivity contribution in [1.29, 1.82) is 0 Å². The van der Waals surface area contributed by atoms with Gasteiger partial charge in [-0.15, -0.1) is 0 Å². The highest BCUT2D eigenvalue weighted by Gasteiger charge is 2.31. The van der Waals surface area contributed by atoms with Gasteiger partial charge in [0.2, 0.25) is 0 Å².